The summed E-state index contributed by atoms with van der Waals surface area (Å²) in [6.45, 7) is 7.73. The summed E-state index contributed by atoms with van der Waals surface area (Å²) in [7, 11) is 2.09. The van der Waals surface area contributed by atoms with Crippen LogP contribution in [0, 0.1) is 5.92 Å². The van der Waals surface area contributed by atoms with Crippen molar-refractivity contribution in [3.05, 3.63) is 0 Å². The Bertz CT molecular complexity index is 296. The van der Waals surface area contributed by atoms with Crippen LogP contribution in [0.5, 0.6) is 0 Å². The van der Waals surface area contributed by atoms with Gasteiger partial charge in [0.2, 0.25) is 0 Å². The van der Waals surface area contributed by atoms with Crippen LogP contribution in [-0.2, 0) is 4.74 Å². The molecule has 5 heteroatoms. The molecule has 0 aromatic rings. The highest BCUT2D eigenvalue weighted by atomic mass is 16.6. The third kappa shape index (κ3) is 6.57. The van der Waals surface area contributed by atoms with Gasteiger partial charge >= 0.3 is 6.09 Å². The standard InChI is InChI=1S/C15H31N3O2/c1-15(2,3)20-14(19)17-10-13(9-16)18(4)11-12-7-5-6-8-12/h12-13H,5-11,16H2,1-4H3,(H,17,19). The van der Waals surface area contributed by atoms with Crippen molar-refractivity contribution in [3.8, 4) is 0 Å². The molecule has 3 N–H and O–H groups in total. The number of alkyl carbamates (subject to hydrolysis) is 1. The normalized spacial score (nSPS) is 18.3. The Kier molecular flexibility index (Phi) is 6.76. The summed E-state index contributed by atoms with van der Waals surface area (Å²) < 4.78 is 5.24. The second-order valence-electron chi connectivity index (χ2n) is 6.86. The first kappa shape index (κ1) is 17.2. The van der Waals surface area contributed by atoms with Crippen LogP contribution in [0.3, 0.4) is 0 Å². The SMILES string of the molecule is CN(CC1CCCC1)C(CN)CNC(=O)OC(C)(C)C. The highest BCUT2D eigenvalue weighted by molar-refractivity contribution is 5.67. The van der Waals surface area contributed by atoms with Crippen molar-refractivity contribution < 1.29 is 9.53 Å². The number of carbonyl (C=O) groups is 1. The largest absolute Gasteiger partial charge is 0.444 e. The minimum absolute atomic E-state index is 0.170. The van der Waals surface area contributed by atoms with Crippen molar-refractivity contribution in [1.29, 1.82) is 0 Å². The van der Waals surface area contributed by atoms with E-state index in [-0.39, 0.29) is 12.1 Å². The Morgan fingerprint density at radius 3 is 2.50 bits per heavy atom. The van der Waals surface area contributed by atoms with Crippen LogP contribution in [0.2, 0.25) is 0 Å². The second kappa shape index (κ2) is 7.84. The molecule has 0 aromatic carbocycles. The predicted octanol–water partition coefficient (Wildman–Crippen LogP) is 1.96. The number of nitrogens with one attached hydrogen (secondary N) is 1. The molecular formula is C15H31N3O2. The Hall–Kier alpha value is -0.810. The van der Waals surface area contributed by atoms with E-state index in [0.717, 1.165) is 12.5 Å². The Morgan fingerprint density at radius 1 is 1.40 bits per heavy atom. The fourth-order valence-electron chi connectivity index (χ4n) is 2.68. The molecule has 1 saturated carbocycles. The molecule has 1 amide bonds. The highest BCUT2D eigenvalue weighted by Gasteiger charge is 2.22. The molecule has 1 rings (SSSR count). The minimum atomic E-state index is -0.460. The number of hydrogen-bond donors (Lipinski definition) is 2. The van der Waals surface area contributed by atoms with E-state index in [0.29, 0.717) is 13.1 Å². The third-order valence-electron chi connectivity index (χ3n) is 3.80. The summed E-state index contributed by atoms with van der Waals surface area (Å²) in [5, 5.41) is 2.81. The van der Waals surface area contributed by atoms with E-state index in [1.165, 1.54) is 25.7 Å². The van der Waals surface area contributed by atoms with Gasteiger partial charge in [-0.3, -0.25) is 0 Å². The lowest BCUT2D eigenvalue weighted by Gasteiger charge is -2.29. The summed E-state index contributed by atoms with van der Waals surface area (Å²) in [5.41, 5.74) is 5.37. The first-order chi connectivity index (χ1) is 9.31. The van der Waals surface area contributed by atoms with E-state index in [1.54, 1.807) is 0 Å². The first-order valence-electron chi connectivity index (χ1n) is 7.69. The van der Waals surface area contributed by atoms with Crippen molar-refractivity contribution in [2.24, 2.45) is 11.7 Å². The molecule has 0 saturated heterocycles. The number of hydrogen-bond acceptors (Lipinski definition) is 4. The lowest BCUT2D eigenvalue weighted by atomic mass is 10.1. The molecule has 0 aromatic heterocycles. The van der Waals surface area contributed by atoms with Gasteiger partial charge in [0.1, 0.15) is 5.60 Å². The van der Waals surface area contributed by atoms with Gasteiger partial charge in [0.05, 0.1) is 0 Å². The Balaban J connectivity index is 2.32. The Labute approximate surface area is 123 Å². The number of amides is 1. The first-order valence-corrected chi connectivity index (χ1v) is 7.69. The number of nitrogens with two attached hydrogens (primary N) is 1. The molecule has 0 radical (unpaired) electrons. The van der Waals surface area contributed by atoms with Gasteiger partial charge in [-0.05, 0) is 46.6 Å². The molecule has 1 aliphatic carbocycles. The van der Waals surface area contributed by atoms with Crippen molar-refractivity contribution in [2.75, 3.05) is 26.7 Å². The molecule has 0 bridgehead atoms. The molecule has 1 atom stereocenters. The molecule has 0 heterocycles. The van der Waals surface area contributed by atoms with Gasteiger partial charge in [-0.25, -0.2) is 4.79 Å². The molecule has 0 spiro atoms. The lowest BCUT2D eigenvalue weighted by Crippen LogP contribution is -2.48. The van der Waals surface area contributed by atoms with Crippen LogP contribution in [0.4, 0.5) is 4.79 Å². The zero-order valence-electron chi connectivity index (χ0n) is 13.4. The molecule has 0 aliphatic heterocycles. The molecule has 1 fully saturated rings. The zero-order chi connectivity index (χ0) is 15.2. The van der Waals surface area contributed by atoms with Gasteiger partial charge in [0.25, 0.3) is 0 Å². The van der Waals surface area contributed by atoms with Gasteiger partial charge in [-0.2, -0.15) is 0 Å². The summed E-state index contributed by atoms with van der Waals surface area (Å²) in [6, 6.07) is 0.170. The van der Waals surface area contributed by atoms with Gasteiger partial charge in [0, 0.05) is 25.7 Å². The molecule has 118 valence electrons. The quantitative estimate of drug-likeness (QED) is 0.783. The molecular weight excluding hydrogens is 254 g/mol. The van der Waals surface area contributed by atoms with Crippen LogP contribution in [0.1, 0.15) is 46.5 Å². The van der Waals surface area contributed by atoms with Crippen LogP contribution >= 0.6 is 0 Å². The lowest BCUT2D eigenvalue weighted by molar-refractivity contribution is 0.0510. The summed E-state index contributed by atoms with van der Waals surface area (Å²) in [4.78, 5) is 13.9. The van der Waals surface area contributed by atoms with E-state index >= 15 is 0 Å². The number of nitrogens with zero attached hydrogens (tertiary/aromatic N) is 1. The second-order valence-corrected chi connectivity index (χ2v) is 6.86. The minimum Gasteiger partial charge on any atom is -0.444 e. The van der Waals surface area contributed by atoms with Crippen LogP contribution in [0.15, 0.2) is 0 Å². The maximum atomic E-state index is 11.7. The van der Waals surface area contributed by atoms with E-state index in [4.69, 9.17) is 10.5 Å². The zero-order valence-corrected chi connectivity index (χ0v) is 13.4. The topological polar surface area (TPSA) is 67.6 Å². The molecule has 20 heavy (non-hydrogen) atoms. The fourth-order valence-corrected chi connectivity index (χ4v) is 2.68. The van der Waals surface area contributed by atoms with Gasteiger partial charge in [0.15, 0.2) is 0 Å². The van der Waals surface area contributed by atoms with Crippen molar-refractivity contribution in [1.82, 2.24) is 10.2 Å². The fraction of sp³-hybridized carbons (Fsp3) is 0.933. The monoisotopic (exact) mass is 285 g/mol. The van der Waals surface area contributed by atoms with Gasteiger partial charge in [-0.15, -0.1) is 0 Å². The van der Waals surface area contributed by atoms with E-state index < -0.39 is 5.60 Å². The van der Waals surface area contributed by atoms with Gasteiger partial charge in [-0.1, -0.05) is 12.8 Å². The predicted molar refractivity (Wildman–Crippen MR) is 81.7 cm³/mol. The van der Waals surface area contributed by atoms with Gasteiger partial charge < -0.3 is 20.7 Å². The van der Waals surface area contributed by atoms with Crippen LogP contribution in [-0.4, -0.2) is 49.3 Å². The third-order valence-corrected chi connectivity index (χ3v) is 3.80. The van der Waals surface area contributed by atoms with E-state index in [9.17, 15) is 4.79 Å². The number of ether oxygens (including phenoxy) is 1. The molecule has 1 unspecified atom stereocenters. The van der Waals surface area contributed by atoms with Crippen LogP contribution < -0.4 is 11.1 Å². The highest BCUT2D eigenvalue weighted by Crippen LogP contribution is 2.25. The van der Waals surface area contributed by atoms with Crippen molar-refractivity contribution in [2.45, 2.75) is 58.1 Å². The summed E-state index contributed by atoms with van der Waals surface area (Å²) in [5.74, 6) is 0.788. The number of rotatable bonds is 6. The maximum absolute atomic E-state index is 11.7. The molecule has 1 aliphatic rings. The summed E-state index contributed by atoms with van der Waals surface area (Å²) >= 11 is 0. The maximum Gasteiger partial charge on any atom is 0.407 e. The van der Waals surface area contributed by atoms with E-state index in [1.807, 2.05) is 20.8 Å². The number of carbonyl (C=O) groups excluding carboxylic acids is 1. The average Bonchev–Trinajstić information content (AvgIpc) is 2.80. The average molecular weight is 285 g/mol. The Morgan fingerprint density at radius 2 is 2.00 bits per heavy atom. The van der Waals surface area contributed by atoms with E-state index in [2.05, 4.69) is 17.3 Å². The summed E-state index contributed by atoms with van der Waals surface area (Å²) in [6.07, 6.45) is 4.97. The molecule has 5 nitrogen and oxygen atoms in total. The smallest absolute Gasteiger partial charge is 0.407 e. The van der Waals surface area contributed by atoms with Crippen molar-refractivity contribution >= 4 is 6.09 Å². The van der Waals surface area contributed by atoms with Crippen LogP contribution in [0.25, 0.3) is 0 Å². The van der Waals surface area contributed by atoms with Crippen molar-refractivity contribution in [3.63, 3.8) is 0 Å². The number of likely N-dealkylation sites (N-methyl/N-ethyl adjacent to an activating group) is 1.